The number of alkyl halides is 1. The van der Waals surface area contributed by atoms with Crippen LogP contribution in [0.5, 0.6) is 0 Å². The van der Waals surface area contributed by atoms with Gasteiger partial charge in [0, 0.05) is 11.4 Å². The first-order chi connectivity index (χ1) is 7.24. The second-order valence-corrected chi connectivity index (χ2v) is 6.58. The van der Waals surface area contributed by atoms with E-state index in [-0.39, 0.29) is 4.90 Å². The van der Waals surface area contributed by atoms with Gasteiger partial charge in [0.1, 0.15) is 0 Å². The van der Waals surface area contributed by atoms with E-state index in [1.165, 1.54) is 0 Å². The van der Waals surface area contributed by atoms with Gasteiger partial charge in [-0.2, -0.15) is 0 Å². The van der Waals surface area contributed by atoms with Crippen LogP contribution in [-0.4, -0.2) is 14.0 Å². The van der Waals surface area contributed by atoms with E-state index >= 15 is 0 Å². The Morgan fingerprint density at radius 3 is 2.06 bits per heavy atom. The lowest BCUT2D eigenvalue weighted by Crippen LogP contribution is -2.40. The second kappa shape index (κ2) is 4.73. The fraction of sp³-hybridized carbons (Fsp3) is 0.455. The summed E-state index contributed by atoms with van der Waals surface area (Å²) in [5, 5.41) is 0. The van der Waals surface area contributed by atoms with Crippen LogP contribution in [0.3, 0.4) is 0 Å². The van der Waals surface area contributed by atoms with Crippen LogP contribution in [0, 0.1) is 0 Å². The Morgan fingerprint density at radius 1 is 1.19 bits per heavy atom. The summed E-state index contributed by atoms with van der Waals surface area (Å²) in [5.74, 6) is 0.382. The largest absolute Gasteiger partial charge is 0.241 e. The van der Waals surface area contributed by atoms with Gasteiger partial charge in [0.25, 0.3) is 0 Å². The summed E-state index contributed by atoms with van der Waals surface area (Å²) in [5.41, 5.74) is 0.417. The lowest BCUT2D eigenvalue weighted by molar-refractivity contribution is 0.491. The van der Waals surface area contributed by atoms with Crippen molar-refractivity contribution in [2.75, 3.05) is 0 Å². The minimum atomic E-state index is -3.44. The maximum absolute atomic E-state index is 11.9. The number of nitrogens with one attached hydrogen (secondary N) is 1. The first-order valence-corrected chi connectivity index (χ1v) is 6.95. The Kier molecular flexibility index (Phi) is 3.99. The van der Waals surface area contributed by atoms with Crippen molar-refractivity contribution in [3.63, 3.8) is 0 Å². The first kappa shape index (κ1) is 13.5. The minimum absolute atomic E-state index is 0.260. The Hall–Kier alpha value is -0.580. The van der Waals surface area contributed by atoms with Crippen molar-refractivity contribution in [2.24, 2.45) is 0 Å². The number of hydrogen-bond donors (Lipinski definition) is 1. The van der Waals surface area contributed by atoms with Crippen LogP contribution in [-0.2, 0) is 15.9 Å². The lowest BCUT2D eigenvalue weighted by atomic mass is 10.1. The smallest absolute Gasteiger partial charge is 0.207 e. The van der Waals surface area contributed by atoms with E-state index in [1.54, 1.807) is 45.0 Å². The van der Waals surface area contributed by atoms with E-state index in [4.69, 9.17) is 11.6 Å². The van der Waals surface area contributed by atoms with E-state index < -0.39 is 15.6 Å². The van der Waals surface area contributed by atoms with Crippen molar-refractivity contribution in [2.45, 2.75) is 37.1 Å². The fourth-order valence-corrected chi connectivity index (χ4v) is 2.82. The molecule has 90 valence electrons. The molecule has 16 heavy (non-hydrogen) atoms. The van der Waals surface area contributed by atoms with E-state index in [0.29, 0.717) is 5.88 Å². The molecular formula is C11H16ClNO2S. The fourth-order valence-electron chi connectivity index (χ4n) is 1.22. The lowest BCUT2D eigenvalue weighted by Gasteiger charge is -2.20. The standard InChI is InChI=1S/C11H16ClNO2S/c1-11(2,3)13-16(14,15)10-6-4-9(8-12)5-7-10/h4-7,13H,8H2,1-3H3. The van der Waals surface area contributed by atoms with Gasteiger partial charge in [0.05, 0.1) is 4.90 Å². The number of benzene rings is 1. The maximum Gasteiger partial charge on any atom is 0.241 e. The molecule has 0 amide bonds. The van der Waals surface area contributed by atoms with Crippen LogP contribution in [0.4, 0.5) is 0 Å². The van der Waals surface area contributed by atoms with E-state index in [1.807, 2.05) is 0 Å². The molecule has 1 aromatic rings. The molecule has 0 aliphatic rings. The molecule has 0 heterocycles. The highest BCUT2D eigenvalue weighted by atomic mass is 35.5. The molecule has 1 rings (SSSR count). The molecule has 0 aromatic heterocycles. The molecule has 0 atom stereocenters. The average molecular weight is 262 g/mol. The maximum atomic E-state index is 11.9. The monoisotopic (exact) mass is 261 g/mol. The van der Waals surface area contributed by atoms with Gasteiger partial charge in [-0.05, 0) is 38.5 Å². The Morgan fingerprint density at radius 2 is 1.69 bits per heavy atom. The van der Waals surface area contributed by atoms with Crippen molar-refractivity contribution in [1.29, 1.82) is 0 Å². The predicted molar refractivity (Wildman–Crippen MR) is 66.1 cm³/mol. The zero-order chi connectivity index (χ0) is 12.4. The topological polar surface area (TPSA) is 46.2 Å². The summed E-state index contributed by atoms with van der Waals surface area (Å²) in [7, 11) is -3.44. The van der Waals surface area contributed by atoms with Crippen molar-refractivity contribution in [3.8, 4) is 0 Å². The summed E-state index contributed by atoms with van der Waals surface area (Å²) >= 11 is 5.63. The molecule has 3 nitrogen and oxygen atoms in total. The quantitative estimate of drug-likeness (QED) is 0.850. The molecule has 0 fully saturated rings. The molecule has 0 aliphatic carbocycles. The Balaban J connectivity index is 2.99. The average Bonchev–Trinajstić information content (AvgIpc) is 2.14. The third-order valence-corrected chi connectivity index (χ3v) is 3.91. The zero-order valence-corrected chi connectivity index (χ0v) is 11.2. The second-order valence-electron chi connectivity index (χ2n) is 4.63. The van der Waals surface area contributed by atoms with Gasteiger partial charge in [-0.15, -0.1) is 11.6 Å². The number of halogens is 1. The molecule has 1 aromatic carbocycles. The molecule has 0 unspecified atom stereocenters. The van der Waals surface area contributed by atoms with Crippen molar-refractivity contribution in [3.05, 3.63) is 29.8 Å². The van der Waals surface area contributed by atoms with Gasteiger partial charge >= 0.3 is 0 Å². The molecular weight excluding hydrogens is 246 g/mol. The van der Waals surface area contributed by atoms with E-state index in [0.717, 1.165) is 5.56 Å². The number of rotatable bonds is 3. The highest BCUT2D eigenvalue weighted by Gasteiger charge is 2.21. The van der Waals surface area contributed by atoms with Gasteiger partial charge in [-0.1, -0.05) is 12.1 Å². The van der Waals surface area contributed by atoms with Crippen molar-refractivity contribution in [1.82, 2.24) is 4.72 Å². The van der Waals surface area contributed by atoms with Gasteiger partial charge in [0.2, 0.25) is 10.0 Å². The molecule has 0 saturated heterocycles. The van der Waals surface area contributed by atoms with E-state index in [2.05, 4.69) is 4.72 Å². The van der Waals surface area contributed by atoms with Gasteiger partial charge in [-0.3, -0.25) is 0 Å². The molecule has 0 aliphatic heterocycles. The van der Waals surface area contributed by atoms with Gasteiger partial charge in [0.15, 0.2) is 0 Å². The van der Waals surface area contributed by atoms with Crippen LogP contribution >= 0.6 is 11.6 Å². The summed E-state index contributed by atoms with van der Waals surface area (Å²) in [6.45, 7) is 5.41. The predicted octanol–water partition coefficient (Wildman–Crippen LogP) is 2.50. The Bertz CT molecular complexity index is 446. The number of sulfonamides is 1. The summed E-state index contributed by atoms with van der Waals surface area (Å²) < 4.78 is 26.4. The summed E-state index contributed by atoms with van der Waals surface area (Å²) in [4.78, 5) is 0.260. The van der Waals surface area contributed by atoms with Gasteiger partial charge in [-0.25, -0.2) is 13.1 Å². The first-order valence-electron chi connectivity index (χ1n) is 4.93. The highest BCUT2D eigenvalue weighted by Crippen LogP contribution is 2.14. The minimum Gasteiger partial charge on any atom is -0.207 e. The SMILES string of the molecule is CC(C)(C)NS(=O)(=O)c1ccc(CCl)cc1. The number of hydrogen-bond acceptors (Lipinski definition) is 2. The third kappa shape index (κ3) is 3.77. The van der Waals surface area contributed by atoms with Crippen LogP contribution in [0.15, 0.2) is 29.2 Å². The zero-order valence-electron chi connectivity index (χ0n) is 9.62. The normalized spacial score (nSPS) is 12.8. The highest BCUT2D eigenvalue weighted by molar-refractivity contribution is 7.89. The molecule has 0 radical (unpaired) electrons. The van der Waals surface area contributed by atoms with Crippen LogP contribution in [0.25, 0.3) is 0 Å². The van der Waals surface area contributed by atoms with Crippen LogP contribution < -0.4 is 4.72 Å². The third-order valence-electron chi connectivity index (χ3n) is 1.83. The molecule has 0 bridgehead atoms. The van der Waals surface area contributed by atoms with Crippen molar-refractivity contribution >= 4 is 21.6 Å². The molecule has 0 saturated carbocycles. The summed E-state index contributed by atoms with van der Waals surface area (Å²) in [6.07, 6.45) is 0. The molecule has 0 spiro atoms. The van der Waals surface area contributed by atoms with E-state index in [9.17, 15) is 8.42 Å². The molecule has 5 heteroatoms. The van der Waals surface area contributed by atoms with Crippen LogP contribution in [0.1, 0.15) is 26.3 Å². The van der Waals surface area contributed by atoms with Crippen molar-refractivity contribution < 1.29 is 8.42 Å². The summed E-state index contributed by atoms with van der Waals surface area (Å²) in [6, 6.07) is 6.55. The van der Waals surface area contributed by atoms with Crippen LogP contribution in [0.2, 0.25) is 0 Å². The van der Waals surface area contributed by atoms with Gasteiger partial charge < -0.3 is 0 Å². The molecule has 1 N–H and O–H groups in total. The Labute approximate surface area is 102 Å².